The lowest BCUT2D eigenvalue weighted by molar-refractivity contribution is -0.143. The summed E-state index contributed by atoms with van der Waals surface area (Å²) in [7, 11) is 0. The van der Waals surface area contributed by atoms with Crippen LogP contribution in [0.2, 0.25) is 0 Å². The predicted molar refractivity (Wildman–Crippen MR) is 55.3 cm³/mol. The molecule has 15 heavy (non-hydrogen) atoms. The Kier molecular flexibility index (Phi) is 5.53. The second kappa shape index (κ2) is 6.12. The minimum Gasteiger partial charge on any atom is -0.466 e. The van der Waals surface area contributed by atoms with Crippen molar-refractivity contribution >= 4 is 5.97 Å². The number of carbonyl (C=O) groups is 1. The highest BCUT2D eigenvalue weighted by atomic mass is 16.5. The van der Waals surface area contributed by atoms with Crippen LogP contribution in [0.5, 0.6) is 0 Å². The van der Waals surface area contributed by atoms with Gasteiger partial charge in [0.25, 0.3) is 0 Å². The Morgan fingerprint density at radius 2 is 2.20 bits per heavy atom. The Labute approximate surface area is 90.1 Å². The molecule has 0 rings (SSSR count). The fourth-order valence-corrected chi connectivity index (χ4v) is 0.767. The van der Waals surface area contributed by atoms with Crippen LogP contribution in [0.3, 0.4) is 0 Å². The SMILES string of the molecule is CCOC(=O)CC(C)/N=N/C(C)(C)C#N. The molecular weight excluding hydrogens is 194 g/mol. The number of azo groups is 1. The van der Waals surface area contributed by atoms with Gasteiger partial charge in [-0.3, -0.25) is 4.79 Å². The van der Waals surface area contributed by atoms with Crippen molar-refractivity contribution in [1.82, 2.24) is 0 Å². The van der Waals surface area contributed by atoms with Gasteiger partial charge in [-0.05, 0) is 27.7 Å². The summed E-state index contributed by atoms with van der Waals surface area (Å²) in [4.78, 5) is 11.1. The zero-order valence-electron chi connectivity index (χ0n) is 9.65. The molecule has 0 saturated heterocycles. The first-order valence-electron chi connectivity index (χ1n) is 4.90. The molecule has 0 aliphatic rings. The predicted octanol–water partition coefficient (Wildman–Crippen LogP) is 2.08. The van der Waals surface area contributed by atoms with Crippen molar-refractivity contribution in [3.05, 3.63) is 0 Å². The van der Waals surface area contributed by atoms with E-state index in [1.807, 2.05) is 6.07 Å². The number of nitrogens with zero attached hydrogens (tertiary/aromatic N) is 3. The van der Waals surface area contributed by atoms with Crippen LogP contribution < -0.4 is 0 Å². The number of hydrogen-bond donors (Lipinski definition) is 0. The van der Waals surface area contributed by atoms with Gasteiger partial charge in [0, 0.05) is 0 Å². The highest BCUT2D eigenvalue weighted by Gasteiger charge is 2.16. The van der Waals surface area contributed by atoms with E-state index in [0.29, 0.717) is 6.61 Å². The minimum absolute atomic E-state index is 0.193. The zero-order chi connectivity index (χ0) is 11.9. The Hall–Kier alpha value is -1.44. The topological polar surface area (TPSA) is 74.8 Å². The third kappa shape index (κ3) is 6.61. The summed E-state index contributed by atoms with van der Waals surface area (Å²) in [6.45, 7) is 7.20. The largest absolute Gasteiger partial charge is 0.466 e. The summed E-state index contributed by atoms with van der Waals surface area (Å²) < 4.78 is 4.77. The van der Waals surface area contributed by atoms with E-state index >= 15 is 0 Å². The fraction of sp³-hybridized carbons (Fsp3) is 0.800. The molecule has 1 unspecified atom stereocenters. The molecule has 0 bridgehead atoms. The monoisotopic (exact) mass is 211 g/mol. The first-order chi connectivity index (χ1) is 6.91. The molecule has 0 aliphatic heterocycles. The molecule has 84 valence electrons. The Balaban J connectivity index is 4.10. The molecule has 0 fully saturated rings. The van der Waals surface area contributed by atoms with Gasteiger partial charge in [0.2, 0.25) is 0 Å². The highest BCUT2D eigenvalue weighted by Crippen LogP contribution is 2.09. The lowest BCUT2D eigenvalue weighted by Crippen LogP contribution is -2.15. The molecule has 0 radical (unpaired) electrons. The van der Waals surface area contributed by atoms with Crippen molar-refractivity contribution in [3.63, 3.8) is 0 Å². The maximum Gasteiger partial charge on any atom is 0.308 e. The molecule has 1 atom stereocenters. The number of carbonyl (C=O) groups excluding carboxylic acids is 1. The summed E-state index contributed by atoms with van der Waals surface area (Å²) >= 11 is 0. The normalized spacial score (nSPS) is 13.5. The molecule has 0 heterocycles. The summed E-state index contributed by atoms with van der Waals surface area (Å²) in [6, 6.07) is 1.75. The van der Waals surface area contributed by atoms with Crippen LogP contribution in [0.25, 0.3) is 0 Å². The fourth-order valence-electron chi connectivity index (χ4n) is 0.767. The third-order valence-electron chi connectivity index (χ3n) is 1.55. The number of rotatable bonds is 5. The van der Waals surface area contributed by atoms with Crippen LogP contribution in [0.1, 0.15) is 34.1 Å². The standard InChI is InChI=1S/C10H17N3O2/c1-5-15-9(14)6-8(2)12-13-10(3,4)7-11/h8H,5-6H2,1-4H3/b13-12+. The van der Waals surface area contributed by atoms with Gasteiger partial charge in [-0.15, -0.1) is 0 Å². The molecule has 5 heteroatoms. The lowest BCUT2D eigenvalue weighted by atomic mass is 10.1. The van der Waals surface area contributed by atoms with E-state index in [9.17, 15) is 4.79 Å². The second-order valence-corrected chi connectivity index (χ2v) is 3.74. The van der Waals surface area contributed by atoms with E-state index < -0.39 is 5.54 Å². The van der Waals surface area contributed by atoms with Crippen molar-refractivity contribution in [2.24, 2.45) is 10.2 Å². The summed E-state index contributed by atoms with van der Waals surface area (Å²) in [6.07, 6.45) is 0.193. The molecule has 0 amide bonds. The Morgan fingerprint density at radius 3 is 2.67 bits per heavy atom. The highest BCUT2D eigenvalue weighted by molar-refractivity contribution is 5.69. The molecule has 0 aromatic rings. The van der Waals surface area contributed by atoms with Gasteiger partial charge in [-0.2, -0.15) is 15.5 Å². The van der Waals surface area contributed by atoms with Crippen molar-refractivity contribution in [2.75, 3.05) is 6.61 Å². The summed E-state index contributed by atoms with van der Waals surface area (Å²) in [5.74, 6) is -0.293. The molecule has 0 saturated carbocycles. The van der Waals surface area contributed by atoms with Gasteiger partial charge in [-0.1, -0.05) is 0 Å². The minimum atomic E-state index is -0.830. The Bertz CT molecular complexity index is 279. The van der Waals surface area contributed by atoms with Gasteiger partial charge >= 0.3 is 5.97 Å². The van der Waals surface area contributed by atoms with E-state index in [2.05, 4.69) is 10.2 Å². The van der Waals surface area contributed by atoms with E-state index in [0.717, 1.165) is 0 Å². The van der Waals surface area contributed by atoms with E-state index in [-0.39, 0.29) is 18.4 Å². The van der Waals surface area contributed by atoms with E-state index in [1.165, 1.54) is 0 Å². The number of nitriles is 1. The summed E-state index contributed by atoms with van der Waals surface area (Å²) in [5, 5.41) is 16.4. The first kappa shape index (κ1) is 13.6. The van der Waals surface area contributed by atoms with Crippen LogP contribution in [0, 0.1) is 11.3 Å². The van der Waals surface area contributed by atoms with Gasteiger partial charge in [0.15, 0.2) is 5.54 Å². The third-order valence-corrected chi connectivity index (χ3v) is 1.55. The maximum atomic E-state index is 11.1. The number of esters is 1. The van der Waals surface area contributed by atoms with E-state index in [1.54, 1.807) is 27.7 Å². The molecule has 0 spiro atoms. The molecule has 0 aromatic heterocycles. The van der Waals surface area contributed by atoms with E-state index in [4.69, 9.17) is 10.00 Å². The maximum absolute atomic E-state index is 11.1. The number of hydrogen-bond acceptors (Lipinski definition) is 5. The van der Waals surface area contributed by atoms with Gasteiger partial charge in [0.1, 0.15) is 0 Å². The van der Waals surface area contributed by atoms with Gasteiger partial charge in [-0.25, -0.2) is 0 Å². The van der Waals surface area contributed by atoms with Crippen LogP contribution in [-0.2, 0) is 9.53 Å². The summed E-state index contributed by atoms with van der Waals surface area (Å²) in [5.41, 5.74) is -0.830. The van der Waals surface area contributed by atoms with Gasteiger partial charge < -0.3 is 4.74 Å². The van der Waals surface area contributed by atoms with Crippen LogP contribution in [0.15, 0.2) is 10.2 Å². The molecule has 0 aromatic carbocycles. The van der Waals surface area contributed by atoms with Crippen LogP contribution in [-0.4, -0.2) is 24.2 Å². The molecule has 5 nitrogen and oxygen atoms in total. The Morgan fingerprint density at radius 1 is 1.60 bits per heavy atom. The smallest absolute Gasteiger partial charge is 0.308 e. The molecular formula is C10H17N3O2. The first-order valence-corrected chi connectivity index (χ1v) is 4.90. The lowest BCUT2D eigenvalue weighted by Gasteiger charge is -2.09. The van der Waals surface area contributed by atoms with Crippen molar-refractivity contribution < 1.29 is 9.53 Å². The van der Waals surface area contributed by atoms with Gasteiger partial charge in [0.05, 0.1) is 25.1 Å². The average Bonchev–Trinajstić information content (AvgIpc) is 2.15. The average molecular weight is 211 g/mol. The van der Waals surface area contributed by atoms with Crippen LogP contribution in [0.4, 0.5) is 0 Å². The quantitative estimate of drug-likeness (QED) is 0.516. The number of ether oxygens (including phenoxy) is 1. The molecule has 0 aliphatic carbocycles. The van der Waals surface area contributed by atoms with Crippen molar-refractivity contribution in [3.8, 4) is 6.07 Å². The van der Waals surface area contributed by atoms with Crippen molar-refractivity contribution in [1.29, 1.82) is 5.26 Å². The molecule has 0 N–H and O–H groups in total. The van der Waals surface area contributed by atoms with Crippen molar-refractivity contribution in [2.45, 2.75) is 45.7 Å². The second-order valence-electron chi connectivity index (χ2n) is 3.74. The zero-order valence-corrected chi connectivity index (χ0v) is 9.65. The van der Waals surface area contributed by atoms with Crippen LogP contribution >= 0.6 is 0 Å².